The summed E-state index contributed by atoms with van der Waals surface area (Å²) in [4.78, 5) is 109. The predicted octanol–water partition coefficient (Wildman–Crippen LogP) is 4.27. The fraction of sp³-hybridized carbons (Fsp3) is 0.660. The van der Waals surface area contributed by atoms with Crippen LogP contribution in [0.4, 0.5) is 10.5 Å². The van der Waals surface area contributed by atoms with Gasteiger partial charge in [-0.05, 0) is 95.8 Å². The van der Waals surface area contributed by atoms with E-state index in [9.17, 15) is 43.5 Å². The van der Waals surface area contributed by atoms with Gasteiger partial charge in [-0.15, -0.1) is 11.8 Å². The second-order valence-corrected chi connectivity index (χ2v) is 22.7. The van der Waals surface area contributed by atoms with E-state index in [1.165, 1.54) is 54.7 Å². The van der Waals surface area contributed by atoms with Gasteiger partial charge in [-0.25, -0.2) is 9.59 Å². The van der Waals surface area contributed by atoms with Crippen LogP contribution in [0.2, 0.25) is 5.02 Å². The Balaban J connectivity index is 1.07. The van der Waals surface area contributed by atoms with Gasteiger partial charge in [-0.2, -0.15) is 0 Å². The summed E-state index contributed by atoms with van der Waals surface area (Å²) >= 11 is 8.02. The zero-order chi connectivity index (χ0) is 55.8. The minimum absolute atomic E-state index is 0.00468. The number of imide groups is 1. The van der Waals surface area contributed by atoms with Gasteiger partial charge < -0.3 is 54.7 Å². The first kappa shape index (κ1) is 60.0. The number of alkyl carbamates (subject to hydrolysis) is 1. The second-order valence-electron chi connectivity index (χ2n) is 21.0. The minimum atomic E-state index is -1.89. The van der Waals surface area contributed by atoms with Crippen LogP contribution in [0.5, 0.6) is 5.75 Å². The van der Waals surface area contributed by atoms with Crippen molar-refractivity contribution < 1.29 is 72.3 Å². The Kier molecular flexibility index (Phi) is 20.5. The lowest BCUT2D eigenvalue weighted by Gasteiger charge is -2.42. The number of benzene rings is 1. The molecule has 0 radical (unpaired) electrons. The number of likely N-dealkylation sites (N-methyl/N-ethyl adjacent to an activating group) is 1. The average molecular weight is 1100 g/mol. The van der Waals surface area contributed by atoms with Crippen molar-refractivity contribution in [1.82, 2.24) is 20.4 Å². The third-order valence-corrected chi connectivity index (χ3v) is 17.2. The van der Waals surface area contributed by atoms with E-state index < -0.39 is 95.3 Å². The second kappa shape index (κ2) is 25.9. The largest absolute Gasteiger partial charge is 0.495 e. The first-order chi connectivity index (χ1) is 35.9. The third kappa shape index (κ3) is 14.5. The number of nitrogens with zero attached hydrogens (tertiary/aromatic N) is 3. The molecule has 0 spiro atoms. The number of unbranched alkanes of at least 4 members (excludes halogenated alkanes) is 1. The number of nitrogens with one attached hydrogen (secondary N) is 2. The molecule has 1 aromatic rings. The van der Waals surface area contributed by atoms with E-state index in [0.717, 1.165) is 11.1 Å². The Hall–Kier alpha value is -5.26. The third-order valence-electron chi connectivity index (χ3n) is 15.6. The molecule has 6 amide bonds. The van der Waals surface area contributed by atoms with Crippen molar-refractivity contribution in [2.45, 2.75) is 158 Å². The Morgan fingerprint density at radius 3 is 2.46 bits per heavy atom. The van der Waals surface area contributed by atoms with E-state index in [1.807, 2.05) is 13.0 Å². The van der Waals surface area contributed by atoms with Crippen molar-refractivity contribution in [3.8, 4) is 5.75 Å². The normalized spacial score (nSPS) is 30.5. The maximum absolute atomic E-state index is 14.4. The molecule has 21 nitrogen and oxygen atoms in total. The standard InChI is InChI=1S/C53H75ClN6O15S/c1-29-12-11-14-40(72-8)53(70)27-38(73-51(69)57-53)30(2)46-52(4,75-46)41(26-43(62)59(6)36-23-33(22-29)24-37(71-7)45(36)54)74-50(68)31(3)58(5)42(61)19-21-76-39-25-44(63)60(48(39)65)28-32-15-17-34(18-16-32)47(64)56-20-10-9-13-35(55)49(66)67/h11-12,14,23-24,30-32,34-35,38-41,46,70H,9-10,13,15-22,25-28,55H2,1-8H3,(H,56,64)(H,57,69)(H,66,67)/b14-11?,29-12-/t30-,31+,32?,34?,35+,38+,39?,40?,41+,46+,52+,53+/m1/s1. The Labute approximate surface area is 453 Å². The van der Waals surface area contributed by atoms with Crippen LogP contribution in [0, 0.1) is 17.8 Å². The lowest BCUT2D eigenvalue weighted by atomic mass is 9.81. The van der Waals surface area contributed by atoms with Gasteiger partial charge in [-0.3, -0.25) is 39.0 Å². The monoisotopic (exact) mass is 1100 g/mol. The van der Waals surface area contributed by atoms with Crippen LogP contribution in [0.15, 0.2) is 35.9 Å². The molecule has 2 unspecified atom stereocenters. The molecule has 6 rings (SSSR count). The molecule has 1 aromatic carbocycles. The number of hydrogen-bond acceptors (Lipinski definition) is 16. The fourth-order valence-electron chi connectivity index (χ4n) is 10.5. The highest BCUT2D eigenvalue weighted by atomic mass is 35.5. The maximum atomic E-state index is 14.4. The number of ether oxygens (including phenoxy) is 5. The van der Waals surface area contributed by atoms with Gasteiger partial charge in [0.05, 0.1) is 30.6 Å². The number of carbonyl (C=O) groups excluding carboxylic acids is 7. The zero-order valence-electron chi connectivity index (χ0n) is 44.7. The molecule has 1 aliphatic carbocycles. The SMILES string of the molecule is COc1cc2cc(c1Cl)N(C)C(=O)C[C@H](OC(=O)[C@H](C)N(C)C(=O)CCSC1CC(=O)N(CC3CCC(C(=O)NCCCC[C@H](N)C(=O)O)CC3)C1=O)[C@]1(C)O[C@H]1[C@H](C)[C@@H]1C[C@@](O)(NC(=O)O1)C(OC)C=C/C=C(/C)C2. The molecule has 1 saturated carbocycles. The smallest absolute Gasteiger partial charge is 0.409 e. The number of thioether (sulfide) groups is 1. The number of methoxy groups -OCH3 is 2. The molecular weight excluding hydrogens is 1030 g/mol. The molecule has 76 heavy (non-hydrogen) atoms. The van der Waals surface area contributed by atoms with Crippen LogP contribution in [0.25, 0.3) is 0 Å². The fourth-order valence-corrected chi connectivity index (χ4v) is 11.9. The molecule has 23 heteroatoms. The van der Waals surface area contributed by atoms with E-state index in [-0.39, 0.29) is 66.1 Å². The first-order valence-corrected chi connectivity index (χ1v) is 27.4. The predicted molar refractivity (Wildman–Crippen MR) is 281 cm³/mol. The number of allylic oxidation sites excluding steroid dienone is 3. The molecule has 4 fully saturated rings. The molecular formula is C53H75ClN6O15S. The summed E-state index contributed by atoms with van der Waals surface area (Å²) in [7, 11) is 5.87. The number of epoxide rings is 1. The highest BCUT2D eigenvalue weighted by Crippen LogP contribution is 2.49. The van der Waals surface area contributed by atoms with Crippen molar-refractivity contribution in [3.63, 3.8) is 0 Å². The molecule has 6 N–H and O–H groups in total. The van der Waals surface area contributed by atoms with Gasteiger partial charge in [0, 0.05) is 71.1 Å². The number of aliphatic hydroxyl groups is 1. The first-order valence-electron chi connectivity index (χ1n) is 26.0. The van der Waals surface area contributed by atoms with Crippen LogP contribution in [0.3, 0.4) is 0 Å². The average Bonchev–Trinajstić information content (AvgIpc) is 4.01. The highest BCUT2D eigenvalue weighted by molar-refractivity contribution is 8.00. The van der Waals surface area contributed by atoms with E-state index in [1.54, 1.807) is 45.2 Å². The molecule has 4 aliphatic heterocycles. The van der Waals surface area contributed by atoms with Crippen molar-refractivity contribution in [3.05, 3.63) is 46.5 Å². The number of hydrogen-bond donors (Lipinski definition) is 5. The number of carbonyl (C=O) groups is 8. The topological polar surface area (TPSA) is 286 Å². The van der Waals surface area contributed by atoms with E-state index in [0.29, 0.717) is 69.3 Å². The lowest BCUT2D eigenvalue weighted by Crippen LogP contribution is -2.63. The van der Waals surface area contributed by atoms with Crippen LogP contribution in [-0.4, -0.2) is 168 Å². The number of likely N-dealkylation sites (tertiary alicyclic amines) is 1. The van der Waals surface area contributed by atoms with Crippen molar-refractivity contribution in [2.24, 2.45) is 23.5 Å². The molecule has 420 valence electrons. The summed E-state index contributed by atoms with van der Waals surface area (Å²) in [6, 6.07) is 1.47. The van der Waals surface area contributed by atoms with Gasteiger partial charge >= 0.3 is 18.0 Å². The molecule has 5 aliphatic rings. The van der Waals surface area contributed by atoms with Crippen LogP contribution >= 0.6 is 23.4 Å². The lowest BCUT2D eigenvalue weighted by molar-refractivity contribution is -0.162. The number of halogens is 1. The number of rotatable bonds is 18. The summed E-state index contributed by atoms with van der Waals surface area (Å²) < 4.78 is 29.5. The Morgan fingerprint density at radius 1 is 1.08 bits per heavy atom. The van der Waals surface area contributed by atoms with Crippen LogP contribution < -0.4 is 26.0 Å². The summed E-state index contributed by atoms with van der Waals surface area (Å²) in [6.45, 7) is 7.53. The zero-order valence-corrected chi connectivity index (χ0v) is 46.2. The van der Waals surface area contributed by atoms with E-state index in [2.05, 4.69) is 10.6 Å². The maximum Gasteiger partial charge on any atom is 0.409 e. The molecule has 4 heterocycles. The number of esters is 1. The van der Waals surface area contributed by atoms with Crippen molar-refractivity contribution >= 4 is 76.6 Å². The summed E-state index contributed by atoms with van der Waals surface area (Å²) in [5.74, 6) is -3.68. The summed E-state index contributed by atoms with van der Waals surface area (Å²) in [5, 5.41) is 25.7. The Bertz CT molecular complexity index is 2420. The molecule has 10 atom stereocenters. The number of carboxylic acids is 1. The van der Waals surface area contributed by atoms with Gasteiger partial charge in [0.25, 0.3) is 0 Å². The number of fused-ring (bicyclic) bond motifs is 5. The number of anilines is 1. The van der Waals surface area contributed by atoms with Gasteiger partial charge in [0.2, 0.25) is 29.5 Å². The molecule has 0 aromatic heterocycles. The number of amides is 6. The van der Waals surface area contributed by atoms with Crippen LogP contribution in [-0.2, 0) is 58.9 Å². The van der Waals surface area contributed by atoms with E-state index in [4.69, 9.17) is 46.1 Å². The number of aliphatic carboxylic acids is 1. The van der Waals surface area contributed by atoms with Crippen LogP contribution in [0.1, 0.15) is 104 Å². The quantitative estimate of drug-likeness (QED) is 0.0594. The number of carboxylic acid groups (broad SMARTS) is 1. The Morgan fingerprint density at radius 2 is 1.79 bits per heavy atom. The minimum Gasteiger partial charge on any atom is -0.495 e. The highest BCUT2D eigenvalue weighted by Gasteiger charge is 2.64. The van der Waals surface area contributed by atoms with Gasteiger partial charge in [0.1, 0.15) is 46.8 Å². The van der Waals surface area contributed by atoms with Crippen molar-refractivity contribution in [2.75, 3.05) is 52.1 Å². The van der Waals surface area contributed by atoms with Gasteiger partial charge in [-0.1, -0.05) is 42.3 Å². The number of nitrogens with two attached hydrogens (primary N) is 1. The van der Waals surface area contributed by atoms with Gasteiger partial charge in [0.15, 0.2) is 5.72 Å². The van der Waals surface area contributed by atoms with E-state index >= 15 is 0 Å². The summed E-state index contributed by atoms with van der Waals surface area (Å²) in [5.41, 5.74) is 4.34. The van der Waals surface area contributed by atoms with Crippen molar-refractivity contribution in [1.29, 1.82) is 0 Å². The summed E-state index contributed by atoms with van der Waals surface area (Å²) in [6.07, 6.45) is 4.40. The molecule has 4 bridgehead atoms. The molecule has 3 saturated heterocycles.